The Kier molecular flexibility index (Phi) is 2.60. The molecule has 0 N–H and O–H groups in total. The molecule has 0 aliphatic carbocycles. The second-order valence-corrected chi connectivity index (χ2v) is 3.26. The summed E-state index contributed by atoms with van der Waals surface area (Å²) in [5.41, 5.74) is 0.598. The minimum atomic E-state index is -0.511. The van der Waals surface area contributed by atoms with Gasteiger partial charge in [-0.3, -0.25) is 10.1 Å². The van der Waals surface area contributed by atoms with Crippen LogP contribution in [0.25, 0.3) is 0 Å². The predicted molar refractivity (Wildman–Crippen MR) is 53.2 cm³/mol. The van der Waals surface area contributed by atoms with Gasteiger partial charge in [0.1, 0.15) is 0 Å². The Labute approximate surface area is 91.2 Å². The van der Waals surface area contributed by atoms with Gasteiger partial charge in [-0.2, -0.15) is 5.26 Å². The zero-order valence-corrected chi connectivity index (χ0v) is 8.30. The maximum Gasteiger partial charge on any atom is 0.315 e. The molecule has 1 heterocycles. The fraction of sp³-hybridized carbons (Fsp3) is 0.300. The van der Waals surface area contributed by atoms with Crippen molar-refractivity contribution in [1.29, 1.82) is 5.26 Å². The molecule has 0 spiro atoms. The first-order valence-corrected chi connectivity index (χ1v) is 4.66. The van der Waals surface area contributed by atoms with Crippen molar-refractivity contribution >= 4 is 5.69 Å². The molecule has 0 amide bonds. The van der Waals surface area contributed by atoms with E-state index in [4.69, 9.17) is 14.7 Å². The molecular formula is C10H8N2O4. The normalized spacial score (nSPS) is 12.2. The van der Waals surface area contributed by atoms with E-state index in [1.165, 1.54) is 6.07 Å². The molecule has 0 bridgehead atoms. The molecule has 1 aliphatic rings. The van der Waals surface area contributed by atoms with E-state index in [2.05, 4.69) is 0 Å². The molecule has 1 aromatic carbocycles. The maximum atomic E-state index is 10.8. The Hall–Kier alpha value is -2.29. The number of nitro groups is 1. The summed E-state index contributed by atoms with van der Waals surface area (Å²) in [4.78, 5) is 10.3. The molecule has 0 saturated heterocycles. The standard InChI is InChI=1S/C10H8N2O4/c11-3-1-2-7-4-8(12(13)14)10-9(5-7)15-6-16-10/h4-5H,1-2,6H2. The fourth-order valence-electron chi connectivity index (χ4n) is 1.53. The summed E-state index contributed by atoms with van der Waals surface area (Å²) in [6.07, 6.45) is 0.783. The molecule has 0 radical (unpaired) electrons. The van der Waals surface area contributed by atoms with Gasteiger partial charge in [0.05, 0.1) is 11.0 Å². The smallest absolute Gasteiger partial charge is 0.315 e. The van der Waals surface area contributed by atoms with E-state index in [1.54, 1.807) is 6.07 Å². The summed E-state index contributed by atoms with van der Waals surface area (Å²) in [5.74, 6) is 0.549. The van der Waals surface area contributed by atoms with Crippen molar-refractivity contribution in [3.8, 4) is 17.6 Å². The Morgan fingerprint density at radius 1 is 1.50 bits per heavy atom. The molecule has 1 aromatic rings. The van der Waals surface area contributed by atoms with Crippen LogP contribution in [0.1, 0.15) is 12.0 Å². The number of hydrogen-bond acceptors (Lipinski definition) is 5. The number of ether oxygens (including phenoxy) is 2. The van der Waals surface area contributed by atoms with E-state index < -0.39 is 4.92 Å². The minimum Gasteiger partial charge on any atom is -0.453 e. The Bertz CT molecular complexity index is 478. The number of benzene rings is 1. The van der Waals surface area contributed by atoms with Gasteiger partial charge in [0.25, 0.3) is 0 Å². The second kappa shape index (κ2) is 4.06. The van der Waals surface area contributed by atoms with E-state index in [0.717, 1.165) is 0 Å². The highest BCUT2D eigenvalue weighted by Gasteiger charge is 2.26. The van der Waals surface area contributed by atoms with Gasteiger partial charge in [-0.15, -0.1) is 0 Å². The molecule has 6 heteroatoms. The highest BCUT2D eigenvalue weighted by atomic mass is 16.7. The van der Waals surface area contributed by atoms with E-state index >= 15 is 0 Å². The summed E-state index contributed by atoms with van der Waals surface area (Å²) in [6, 6.07) is 5.09. The number of nitro benzene ring substituents is 1. The fourth-order valence-corrected chi connectivity index (χ4v) is 1.53. The zero-order chi connectivity index (χ0) is 11.5. The second-order valence-electron chi connectivity index (χ2n) is 3.26. The van der Waals surface area contributed by atoms with Gasteiger partial charge in [-0.1, -0.05) is 0 Å². The summed E-state index contributed by atoms with van der Waals surface area (Å²) >= 11 is 0. The topological polar surface area (TPSA) is 85.4 Å². The van der Waals surface area contributed by atoms with Crippen molar-refractivity contribution in [2.45, 2.75) is 12.8 Å². The van der Waals surface area contributed by atoms with Gasteiger partial charge >= 0.3 is 5.69 Å². The quantitative estimate of drug-likeness (QED) is 0.572. The third kappa shape index (κ3) is 1.75. The number of nitrogens with zero attached hydrogens (tertiary/aromatic N) is 2. The van der Waals surface area contributed by atoms with Crippen LogP contribution in [0.3, 0.4) is 0 Å². The lowest BCUT2D eigenvalue weighted by molar-refractivity contribution is -0.385. The van der Waals surface area contributed by atoms with E-state index in [1.807, 2.05) is 6.07 Å². The van der Waals surface area contributed by atoms with Crippen molar-refractivity contribution in [3.63, 3.8) is 0 Å². The lowest BCUT2D eigenvalue weighted by Crippen LogP contribution is -1.95. The zero-order valence-electron chi connectivity index (χ0n) is 8.30. The highest BCUT2D eigenvalue weighted by Crippen LogP contribution is 2.41. The molecule has 0 fully saturated rings. The molecule has 16 heavy (non-hydrogen) atoms. The van der Waals surface area contributed by atoms with Crippen LogP contribution in [0.4, 0.5) is 5.69 Å². The van der Waals surface area contributed by atoms with E-state index in [-0.39, 0.29) is 18.2 Å². The largest absolute Gasteiger partial charge is 0.453 e. The van der Waals surface area contributed by atoms with Crippen molar-refractivity contribution < 1.29 is 14.4 Å². The molecule has 0 atom stereocenters. The lowest BCUT2D eigenvalue weighted by atomic mass is 10.1. The number of rotatable bonds is 3. The molecular weight excluding hydrogens is 212 g/mol. The van der Waals surface area contributed by atoms with Crippen LogP contribution in [0.15, 0.2) is 12.1 Å². The number of aryl methyl sites for hydroxylation is 1. The SMILES string of the molecule is N#CCCc1cc2c(c([N+](=O)[O-])c1)OCO2. The van der Waals surface area contributed by atoms with Gasteiger partial charge < -0.3 is 9.47 Å². The summed E-state index contributed by atoms with van der Waals surface area (Å²) in [6.45, 7) is -0.00211. The van der Waals surface area contributed by atoms with Gasteiger partial charge in [0.2, 0.25) is 12.5 Å². The monoisotopic (exact) mass is 220 g/mol. The first-order valence-electron chi connectivity index (χ1n) is 4.66. The highest BCUT2D eigenvalue weighted by molar-refractivity contribution is 5.59. The van der Waals surface area contributed by atoms with Gasteiger partial charge in [0.15, 0.2) is 5.75 Å². The van der Waals surface area contributed by atoms with Crippen molar-refractivity contribution in [2.75, 3.05) is 6.79 Å². The van der Waals surface area contributed by atoms with Crippen molar-refractivity contribution in [2.24, 2.45) is 0 Å². The molecule has 0 unspecified atom stereocenters. The van der Waals surface area contributed by atoms with Gasteiger partial charge in [0, 0.05) is 12.5 Å². The third-order valence-electron chi connectivity index (χ3n) is 2.23. The molecule has 1 aliphatic heterocycles. The first-order chi connectivity index (χ1) is 7.72. The van der Waals surface area contributed by atoms with E-state index in [9.17, 15) is 10.1 Å². The number of hydrogen-bond donors (Lipinski definition) is 0. The van der Waals surface area contributed by atoms with Crippen LogP contribution in [-0.4, -0.2) is 11.7 Å². The van der Waals surface area contributed by atoms with Crippen molar-refractivity contribution in [3.05, 3.63) is 27.8 Å². The van der Waals surface area contributed by atoms with Crippen LogP contribution in [0.5, 0.6) is 11.5 Å². The molecule has 6 nitrogen and oxygen atoms in total. The Morgan fingerprint density at radius 3 is 3.00 bits per heavy atom. The van der Waals surface area contributed by atoms with Crippen LogP contribution < -0.4 is 9.47 Å². The Balaban J connectivity index is 2.40. The number of fused-ring (bicyclic) bond motifs is 1. The van der Waals surface area contributed by atoms with E-state index in [0.29, 0.717) is 24.2 Å². The molecule has 0 saturated carbocycles. The van der Waals surface area contributed by atoms with Gasteiger partial charge in [-0.05, 0) is 18.1 Å². The maximum absolute atomic E-state index is 10.8. The average Bonchev–Trinajstić information content (AvgIpc) is 2.72. The van der Waals surface area contributed by atoms with Crippen LogP contribution >= 0.6 is 0 Å². The molecule has 2 rings (SSSR count). The summed E-state index contributed by atoms with van der Waals surface area (Å²) < 4.78 is 10.1. The lowest BCUT2D eigenvalue weighted by Gasteiger charge is -2.01. The van der Waals surface area contributed by atoms with Crippen LogP contribution in [0.2, 0.25) is 0 Å². The Morgan fingerprint density at radius 2 is 2.31 bits per heavy atom. The van der Waals surface area contributed by atoms with Crippen LogP contribution in [0, 0.1) is 21.4 Å². The van der Waals surface area contributed by atoms with Crippen LogP contribution in [-0.2, 0) is 6.42 Å². The minimum absolute atomic E-state index is 0.00211. The van der Waals surface area contributed by atoms with Crippen molar-refractivity contribution in [1.82, 2.24) is 0 Å². The first kappa shape index (κ1) is 10.2. The predicted octanol–water partition coefficient (Wildman–Crippen LogP) is 1.78. The summed E-state index contributed by atoms with van der Waals surface area (Å²) in [5, 5.41) is 19.3. The average molecular weight is 220 g/mol. The third-order valence-corrected chi connectivity index (χ3v) is 2.23. The molecule has 0 aromatic heterocycles. The summed E-state index contributed by atoms with van der Waals surface area (Å²) in [7, 11) is 0. The molecule has 82 valence electrons. The van der Waals surface area contributed by atoms with Gasteiger partial charge in [-0.25, -0.2) is 0 Å². The number of nitriles is 1.